The Hall–Kier alpha value is -1.65. The number of carbonyl (C=O) groups excluding carboxylic acids is 1. The molecule has 0 bridgehead atoms. The van der Waals surface area contributed by atoms with E-state index in [1.54, 1.807) is 0 Å². The lowest BCUT2D eigenvalue weighted by Crippen LogP contribution is -2.38. The minimum Gasteiger partial charge on any atom is -0.324 e. The van der Waals surface area contributed by atoms with E-state index in [4.69, 9.17) is 0 Å². The lowest BCUT2D eigenvalue weighted by atomic mass is 9.94. The maximum absolute atomic E-state index is 12.4. The SMILES string of the molecule is O=C(Nc1ccc(Br)cc1)C1NCCc2ccccc21. The highest BCUT2D eigenvalue weighted by atomic mass is 79.9. The van der Waals surface area contributed by atoms with Crippen LogP contribution in [0.15, 0.2) is 53.0 Å². The summed E-state index contributed by atoms with van der Waals surface area (Å²) in [6.45, 7) is 0.829. The van der Waals surface area contributed by atoms with Gasteiger partial charge in [-0.2, -0.15) is 0 Å². The summed E-state index contributed by atoms with van der Waals surface area (Å²) < 4.78 is 0.997. The third-order valence-electron chi connectivity index (χ3n) is 3.48. The average Bonchev–Trinajstić information content (AvgIpc) is 2.49. The second kappa shape index (κ2) is 5.77. The third kappa shape index (κ3) is 2.76. The van der Waals surface area contributed by atoms with Crippen LogP contribution in [0, 0.1) is 0 Å². The highest BCUT2D eigenvalue weighted by molar-refractivity contribution is 9.10. The predicted molar refractivity (Wildman–Crippen MR) is 83.7 cm³/mol. The number of halogens is 1. The zero-order valence-corrected chi connectivity index (χ0v) is 12.5. The average molecular weight is 331 g/mol. The van der Waals surface area contributed by atoms with E-state index >= 15 is 0 Å². The van der Waals surface area contributed by atoms with Crippen LogP contribution in [0.4, 0.5) is 5.69 Å². The molecule has 2 aromatic carbocycles. The first-order valence-electron chi connectivity index (χ1n) is 6.61. The lowest BCUT2D eigenvalue weighted by molar-refractivity contribution is -0.118. The normalized spacial score (nSPS) is 17.4. The van der Waals surface area contributed by atoms with E-state index in [2.05, 4.69) is 32.6 Å². The molecule has 0 saturated carbocycles. The number of benzene rings is 2. The Kier molecular flexibility index (Phi) is 3.85. The van der Waals surface area contributed by atoms with Gasteiger partial charge >= 0.3 is 0 Å². The van der Waals surface area contributed by atoms with Crippen LogP contribution in [0.5, 0.6) is 0 Å². The van der Waals surface area contributed by atoms with E-state index in [1.165, 1.54) is 5.56 Å². The third-order valence-corrected chi connectivity index (χ3v) is 4.01. The smallest absolute Gasteiger partial charge is 0.246 e. The molecule has 1 aliphatic rings. The van der Waals surface area contributed by atoms with Crippen LogP contribution >= 0.6 is 15.9 Å². The molecule has 2 aromatic rings. The van der Waals surface area contributed by atoms with Crippen molar-refractivity contribution >= 4 is 27.5 Å². The zero-order chi connectivity index (χ0) is 13.9. The molecule has 0 spiro atoms. The van der Waals surface area contributed by atoms with Gasteiger partial charge in [0.15, 0.2) is 0 Å². The summed E-state index contributed by atoms with van der Waals surface area (Å²) in [5, 5.41) is 6.24. The molecule has 1 atom stereocenters. The molecule has 3 rings (SSSR count). The minimum atomic E-state index is -0.274. The van der Waals surface area contributed by atoms with Gasteiger partial charge in [0.1, 0.15) is 6.04 Å². The quantitative estimate of drug-likeness (QED) is 0.887. The Morgan fingerprint density at radius 2 is 1.90 bits per heavy atom. The highest BCUT2D eigenvalue weighted by Gasteiger charge is 2.25. The van der Waals surface area contributed by atoms with Crippen molar-refractivity contribution < 1.29 is 4.79 Å². The molecule has 0 saturated heterocycles. The lowest BCUT2D eigenvalue weighted by Gasteiger charge is -2.26. The van der Waals surface area contributed by atoms with Crippen molar-refractivity contribution in [2.45, 2.75) is 12.5 Å². The monoisotopic (exact) mass is 330 g/mol. The molecule has 102 valence electrons. The van der Waals surface area contributed by atoms with Crippen molar-refractivity contribution in [1.29, 1.82) is 0 Å². The van der Waals surface area contributed by atoms with Crippen LogP contribution < -0.4 is 10.6 Å². The van der Waals surface area contributed by atoms with Crippen LogP contribution in [0.25, 0.3) is 0 Å². The maximum Gasteiger partial charge on any atom is 0.246 e. The Labute approximate surface area is 126 Å². The summed E-state index contributed by atoms with van der Waals surface area (Å²) in [5.41, 5.74) is 3.14. The van der Waals surface area contributed by atoms with Gasteiger partial charge in [0.25, 0.3) is 0 Å². The van der Waals surface area contributed by atoms with Gasteiger partial charge in [0.2, 0.25) is 5.91 Å². The molecule has 0 aromatic heterocycles. The number of hydrogen-bond donors (Lipinski definition) is 2. The van der Waals surface area contributed by atoms with Crippen LogP contribution in [-0.2, 0) is 11.2 Å². The number of nitrogens with one attached hydrogen (secondary N) is 2. The molecule has 1 heterocycles. The summed E-state index contributed by atoms with van der Waals surface area (Å²) >= 11 is 3.38. The van der Waals surface area contributed by atoms with Crippen molar-refractivity contribution in [3.8, 4) is 0 Å². The Bertz CT molecular complexity index is 625. The van der Waals surface area contributed by atoms with E-state index in [9.17, 15) is 4.79 Å². The van der Waals surface area contributed by atoms with E-state index in [-0.39, 0.29) is 11.9 Å². The summed E-state index contributed by atoms with van der Waals surface area (Å²) in [7, 11) is 0. The first kappa shape index (κ1) is 13.3. The van der Waals surface area contributed by atoms with E-state index in [0.29, 0.717) is 0 Å². The van der Waals surface area contributed by atoms with Crippen LogP contribution in [0.2, 0.25) is 0 Å². The Morgan fingerprint density at radius 1 is 1.15 bits per heavy atom. The van der Waals surface area contributed by atoms with Gasteiger partial charge in [-0.25, -0.2) is 0 Å². The molecule has 3 nitrogen and oxygen atoms in total. The minimum absolute atomic E-state index is 0.0144. The molecule has 4 heteroatoms. The summed E-state index contributed by atoms with van der Waals surface area (Å²) in [6.07, 6.45) is 0.970. The van der Waals surface area contributed by atoms with E-state index < -0.39 is 0 Å². The van der Waals surface area contributed by atoms with Crippen LogP contribution in [0.3, 0.4) is 0 Å². The Morgan fingerprint density at radius 3 is 2.70 bits per heavy atom. The zero-order valence-electron chi connectivity index (χ0n) is 10.9. The Balaban J connectivity index is 1.80. The largest absolute Gasteiger partial charge is 0.324 e. The molecule has 2 N–H and O–H groups in total. The fourth-order valence-electron chi connectivity index (χ4n) is 2.49. The number of amides is 1. The molecule has 1 unspecified atom stereocenters. The van der Waals surface area contributed by atoms with E-state index in [0.717, 1.165) is 28.7 Å². The van der Waals surface area contributed by atoms with E-state index in [1.807, 2.05) is 42.5 Å². The van der Waals surface area contributed by atoms with Gasteiger partial charge in [-0.1, -0.05) is 40.2 Å². The number of rotatable bonds is 2. The van der Waals surface area contributed by atoms with Crippen molar-refractivity contribution in [3.63, 3.8) is 0 Å². The fraction of sp³-hybridized carbons (Fsp3) is 0.188. The molecule has 1 amide bonds. The standard InChI is InChI=1S/C16H15BrN2O/c17-12-5-7-13(8-6-12)19-16(20)15-14-4-2-1-3-11(14)9-10-18-15/h1-8,15,18H,9-10H2,(H,19,20). The summed E-state index contributed by atoms with van der Waals surface area (Å²) in [5.74, 6) is -0.0144. The van der Waals surface area contributed by atoms with Gasteiger partial charge < -0.3 is 10.6 Å². The first-order valence-corrected chi connectivity index (χ1v) is 7.41. The molecular formula is C16H15BrN2O. The molecule has 20 heavy (non-hydrogen) atoms. The van der Waals surface area contributed by atoms with Crippen molar-refractivity contribution in [3.05, 3.63) is 64.1 Å². The summed E-state index contributed by atoms with van der Waals surface area (Å²) in [6, 6.07) is 15.4. The van der Waals surface area contributed by atoms with Crippen molar-refractivity contribution in [2.24, 2.45) is 0 Å². The molecule has 1 aliphatic heterocycles. The maximum atomic E-state index is 12.4. The van der Waals surface area contributed by atoms with Crippen molar-refractivity contribution in [2.75, 3.05) is 11.9 Å². The van der Waals surface area contributed by atoms with Gasteiger partial charge in [0, 0.05) is 16.7 Å². The second-order valence-electron chi connectivity index (χ2n) is 4.83. The number of fused-ring (bicyclic) bond motifs is 1. The van der Waals surface area contributed by atoms with Crippen LogP contribution in [-0.4, -0.2) is 12.5 Å². The summed E-state index contributed by atoms with van der Waals surface area (Å²) in [4.78, 5) is 12.4. The topological polar surface area (TPSA) is 41.1 Å². The second-order valence-corrected chi connectivity index (χ2v) is 5.75. The highest BCUT2D eigenvalue weighted by Crippen LogP contribution is 2.24. The fourth-order valence-corrected chi connectivity index (χ4v) is 2.75. The molecule has 0 aliphatic carbocycles. The predicted octanol–water partition coefficient (Wildman–Crippen LogP) is 3.27. The molecular weight excluding hydrogens is 316 g/mol. The number of carbonyl (C=O) groups is 1. The van der Waals surface area contributed by atoms with Gasteiger partial charge in [-0.15, -0.1) is 0 Å². The van der Waals surface area contributed by atoms with Gasteiger partial charge in [-0.3, -0.25) is 4.79 Å². The molecule has 0 fully saturated rings. The van der Waals surface area contributed by atoms with Gasteiger partial charge in [0.05, 0.1) is 0 Å². The van der Waals surface area contributed by atoms with Crippen LogP contribution in [0.1, 0.15) is 17.2 Å². The molecule has 0 radical (unpaired) electrons. The first-order chi connectivity index (χ1) is 9.74. The van der Waals surface area contributed by atoms with Crippen molar-refractivity contribution in [1.82, 2.24) is 5.32 Å². The number of anilines is 1. The van der Waals surface area contributed by atoms with Gasteiger partial charge in [-0.05, 0) is 41.8 Å². The number of hydrogen-bond acceptors (Lipinski definition) is 2.